The largest absolute Gasteiger partial charge is 0.361 e. The summed E-state index contributed by atoms with van der Waals surface area (Å²) >= 11 is 0. The summed E-state index contributed by atoms with van der Waals surface area (Å²) < 4.78 is 71.2. The van der Waals surface area contributed by atoms with Gasteiger partial charge in [-0.1, -0.05) is 18.2 Å². The van der Waals surface area contributed by atoms with Crippen molar-refractivity contribution in [3.8, 4) is 11.1 Å². The van der Waals surface area contributed by atoms with Crippen molar-refractivity contribution in [2.45, 2.75) is 4.90 Å². The van der Waals surface area contributed by atoms with E-state index in [-0.39, 0.29) is 5.56 Å². The number of carbonyl (C=O) groups is 1. The molecule has 6 aromatic rings. The first-order valence-corrected chi connectivity index (χ1v) is 13.1. The van der Waals surface area contributed by atoms with Crippen LogP contribution < -0.4 is 4.72 Å². The monoisotopic (exact) mass is 546 g/mol. The molecule has 0 aliphatic heterocycles. The van der Waals surface area contributed by atoms with E-state index in [1.807, 2.05) is 29.0 Å². The number of sulfonamides is 1. The second-order valence-corrected chi connectivity index (χ2v) is 10.4. The number of ketones is 1. The van der Waals surface area contributed by atoms with E-state index in [2.05, 4.69) is 15.0 Å². The van der Waals surface area contributed by atoms with E-state index < -0.39 is 49.4 Å². The molecular formula is C28H17F3N4O3S. The highest BCUT2D eigenvalue weighted by Gasteiger charge is 2.27. The van der Waals surface area contributed by atoms with Crippen LogP contribution in [0, 0.1) is 17.5 Å². The van der Waals surface area contributed by atoms with E-state index in [4.69, 9.17) is 0 Å². The van der Waals surface area contributed by atoms with Crippen molar-refractivity contribution < 1.29 is 26.4 Å². The Kier molecular flexibility index (Phi) is 5.72. The van der Waals surface area contributed by atoms with Gasteiger partial charge in [-0.2, -0.15) is 0 Å². The van der Waals surface area contributed by atoms with Crippen molar-refractivity contribution in [2.75, 3.05) is 4.72 Å². The molecule has 0 aliphatic rings. The zero-order chi connectivity index (χ0) is 27.3. The van der Waals surface area contributed by atoms with Crippen LogP contribution in [-0.4, -0.2) is 29.2 Å². The predicted molar refractivity (Wildman–Crippen MR) is 140 cm³/mol. The molecule has 194 valence electrons. The molecule has 0 saturated heterocycles. The molecule has 7 nitrogen and oxygen atoms in total. The standard InChI is InChI=1S/C28H17F3N4O3S/c29-16-3-1-4-17(12-16)39(37,38)35-24-8-7-22(30)25(26(24)31)27(36)21-14-34-28-20(21)11-15(13-33-28)18-5-2-6-23-19(18)9-10-32-23/h1-14,32,35H,(H,33,34). The number of hydrogen-bond donors (Lipinski definition) is 3. The lowest BCUT2D eigenvalue weighted by Crippen LogP contribution is -2.16. The van der Waals surface area contributed by atoms with Crippen LogP contribution in [0.3, 0.4) is 0 Å². The smallest absolute Gasteiger partial charge is 0.262 e. The number of nitrogens with one attached hydrogen (secondary N) is 3. The summed E-state index contributed by atoms with van der Waals surface area (Å²) in [7, 11) is -4.43. The van der Waals surface area contributed by atoms with Crippen molar-refractivity contribution in [3.05, 3.63) is 114 Å². The van der Waals surface area contributed by atoms with Gasteiger partial charge in [-0.25, -0.2) is 26.6 Å². The molecule has 0 amide bonds. The number of halogens is 3. The van der Waals surface area contributed by atoms with E-state index in [1.54, 1.807) is 18.5 Å². The van der Waals surface area contributed by atoms with Crippen molar-refractivity contribution in [1.82, 2.24) is 15.0 Å². The number of aromatic nitrogens is 3. The number of hydrogen-bond acceptors (Lipinski definition) is 4. The summed E-state index contributed by atoms with van der Waals surface area (Å²) in [5.41, 5.74) is 1.08. The van der Waals surface area contributed by atoms with Gasteiger partial charge in [-0.3, -0.25) is 9.52 Å². The van der Waals surface area contributed by atoms with Gasteiger partial charge in [0.1, 0.15) is 17.3 Å². The number of pyridine rings is 1. The molecule has 3 N–H and O–H groups in total. The van der Waals surface area contributed by atoms with Crippen molar-refractivity contribution in [2.24, 2.45) is 0 Å². The second kappa shape index (κ2) is 9.14. The molecule has 3 aromatic heterocycles. The Morgan fingerprint density at radius 1 is 0.897 bits per heavy atom. The minimum Gasteiger partial charge on any atom is -0.361 e. The van der Waals surface area contributed by atoms with E-state index in [0.29, 0.717) is 16.6 Å². The molecule has 0 unspecified atom stereocenters. The van der Waals surface area contributed by atoms with Gasteiger partial charge in [-0.15, -0.1) is 0 Å². The molecule has 0 aliphatic carbocycles. The van der Waals surface area contributed by atoms with E-state index in [1.165, 1.54) is 12.3 Å². The first-order valence-electron chi connectivity index (χ1n) is 11.6. The average molecular weight is 547 g/mol. The van der Waals surface area contributed by atoms with E-state index in [0.717, 1.165) is 46.8 Å². The summed E-state index contributed by atoms with van der Waals surface area (Å²) in [6, 6.07) is 15.0. The molecule has 0 bridgehead atoms. The topological polar surface area (TPSA) is 108 Å². The van der Waals surface area contributed by atoms with E-state index >= 15 is 4.39 Å². The van der Waals surface area contributed by atoms with Crippen LogP contribution in [-0.2, 0) is 10.0 Å². The van der Waals surface area contributed by atoms with Gasteiger partial charge in [0.25, 0.3) is 10.0 Å². The lowest BCUT2D eigenvalue weighted by Gasteiger charge is -2.12. The first kappa shape index (κ1) is 24.4. The SMILES string of the molecule is O=C(c1c(F)ccc(NS(=O)(=O)c2cccc(F)c2)c1F)c1c[nH]c2ncc(-c3cccc4[nH]ccc34)cc12. The summed E-state index contributed by atoms with van der Waals surface area (Å²) in [4.78, 5) is 23.3. The number of anilines is 1. The van der Waals surface area contributed by atoms with Gasteiger partial charge < -0.3 is 9.97 Å². The summed E-state index contributed by atoms with van der Waals surface area (Å²) in [5.74, 6) is -4.41. The summed E-state index contributed by atoms with van der Waals surface area (Å²) in [5, 5.41) is 1.26. The summed E-state index contributed by atoms with van der Waals surface area (Å²) in [6.07, 6.45) is 4.72. The average Bonchev–Trinajstić information content (AvgIpc) is 3.57. The van der Waals surface area contributed by atoms with E-state index in [9.17, 15) is 22.0 Å². The fourth-order valence-electron chi connectivity index (χ4n) is 4.49. The molecule has 0 spiro atoms. The number of benzene rings is 3. The molecule has 0 saturated carbocycles. The Hall–Kier alpha value is -4.90. The molecule has 0 fully saturated rings. The first-order chi connectivity index (χ1) is 18.7. The Morgan fingerprint density at radius 3 is 2.54 bits per heavy atom. The van der Waals surface area contributed by atoms with Gasteiger partial charge in [0.2, 0.25) is 5.78 Å². The number of H-pyrrole nitrogens is 2. The van der Waals surface area contributed by atoms with Gasteiger partial charge in [0.15, 0.2) is 5.82 Å². The number of aromatic amines is 2. The van der Waals surface area contributed by atoms with Crippen LogP contribution in [0.1, 0.15) is 15.9 Å². The fraction of sp³-hybridized carbons (Fsp3) is 0. The second-order valence-electron chi connectivity index (χ2n) is 8.74. The number of nitrogens with zero attached hydrogens (tertiary/aromatic N) is 1. The number of carbonyl (C=O) groups excluding carboxylic acids is 1. The minimum atomic E-state index is -4.43. The Bertz CT molecular complexity index is 2030. The van der Waals surface area contributed by atoms with Gasteiger partial charge in [-0.05, 0) is 54.1 Å². The maximum Gasteiger partial charge on any atom is 0.262 e. The predicted octanol–water partition coefficient (Wildman–Crippen LogP) is 6.16. The van der Waals surface area contributed by atoms with Crippen LogP contribution in [0.4, 0.5) is 18.9 Å². The highest BCUT2D eigenvalue weighted by molar-refractivity contribution is 7.92. The molecule has 0 radical (unpaired) electrons. The molecule has 11 heteroatoms. The molecule has 6 rings (SSSR count). The molecule has 3 heterocycles. The van der Waals surface area contributed by atoms with Crippen LogP contribution >= 0.6 is 0 Å². The molecular weight excluding hydrogens is 529 g/mol. The maximum absolute atomic E-state index is 15.5. The van der Waals surface area contributed by atoms with Gasteiger partial charge in [0.05, 0.1) is 16.1 Å². The van der Waals surface area contributed by atoms with Crippen molar-refractivity contribution >= 4 is 43.4 Å². The third-order valence-electron chi connectivity index (χ3n) is 6.35. The zero-order valence-corrected chi connectivity index (χ0v) is 20.6. The van der Waals surface area contributed by atoms with Crippen LogP contribution in [0.15, 0.2) is 90.2 Å². The van der Waals surface area contributed by atoms with Crippen LogP contribution in [0.25, 0.3) is 33.1 Å². The Labute approximate surface area is 219 Å². The summed E-state index contributed by atoms with van der Waals surface area (Å²) in [6.45, 7) is 0. The third kappa shape index (κ3) is 4.22. The zero-order valence-electron chi connectivity index (χ0n) is 19.8. The highest BCUT2D eigenvalue weighted by atomic mass is 32.2. The molecule has 3 aromatic carbocycles. The fourth-order valence-corrected chi connectivity index (χ4v) is 5.58. The van der Waals surface area contributed by atoms with Gasteiger partial charge in [0, 0.05) is 46.0 Å². The van der Waals surface area contributed by atoms with Crippen molar-refractivity contribution in [1.29, 1.82) is 0 Å². The van der Waals surface area contributed by atoms with Crippen LogP contribution in [0.2, 0.25) is 0 Å². The molecule has 0 atom stereocenters. The van der Waals surface area contributed by atoms with Gasteiger partial charge >= 0.3 is 0 Å². The minimum absolute atomic E-state index is 0.0523. The Morgan fingerprint density at radius 2 is 1.72 bits per heavy atom. The lowest BCUT2D eigenvalue weighted by atomic mass is 9.98. The Balaban J connectivity index is 1.41. The highest BCUT2D eigenvalue weighted by Crippen LogP contribution is 2.32. The number of rotatable bonds is 6. The van der Waals surface area contributed by atoms with Crippen molar-refractivity contribution in [3.63, 3.8) is 0 Å². The normalized spacial score (nSPS) is 11.8. The lowest BCUT2D eigenvalue weighted by molar-refractivity contribution is 0.103. The van der Waals surface area contributed by atoms with Crippen LogP contribution in [0.5, 0.6) is 0 Å². The molecule has 39 heavy (non-hydrogen) atoms. The maximum atomic E-state index is 15.5. The number of fused-ring (bicyclic) bond motifs is 2. The third-order valence-corrected chi connectivity index (χ3v) is 7.71. The quantitative estimate of drug-likeness (QED) is 0.218.